The average Bonchev–Trinajstić information content (AvgIpc) is 2.49. The zero-order chi connectivity index (χ0) is 18.8. The van der Waals surface area contributed by atoms with Crippen LogP contribution in [0.1, 0.15) is 91.4 Å². The zero-order valence-corrected chi connectivity index (χ0v) is 18.5. The number of carbonyl (C=O) groups is 1. The predicted molar refractivity (Wildman–Crippen MR) is 108 cm³/mol. The van der Waals surface area contributed by atoms with Gasteiger partial charge in [0.1, 0.15) is 0 Å². The molecule has 0 radical (unpaired) electrons. The third-order valence-electron chi connectivity index (χ3n) is 4.37. The van der Waals surface area contributed by atoms with E-state index in [2.05, 4.69) is 34.5 Å². The van der Waals surface area contributed by atoms with Gasteiger partial charge in [0.25, 0.3) is 0 Å². The summed E-state index contributed by atoms with van der Waals surface area (Å²) in [5.74, 6) is -0.435. The lowest BCUT2D eigenvalue weighted by molar-refractivity contribution is -0.890. The van der Waals surface area contributed by atoms with Crippen molar-refractivity contribution >= 4 is 5.91 Å². The first kappa shape index (κ1) is 29.2. The molecule has 0 spiro atoms. The molecule has 0 aliphatic carbocycles. The van der Waals surface area contributed by atoms with Gasteiger partial charge in [0.15, 0.2) is 0 Å². The van der Waals surface area contributed by atoms with Gasteiger partial charge < -0.3 is 22.6 Å². The number of rotatable bonds is 14. The Morgan fingerprint density at radius 2 is 1.16 bits per heavy atom. The van der Waals surface area contributed by atoms with E-state index in [0.29, 0.717) is 5.57 Å². The Morgan fingerprint density at radius 1 is 0.800 bits per heavy atom. The van der Waals surface area contributed by atoms with E-state index in [1.54, 1.807) is 6.92 Å². The van der Waals surface area contributed by atoms with E-state index < -0.39 is 5.91 Å². The van der Waals surface area contributed by atoms with Crippen molar-refractivity contribution in [3.63, 3.8) is 0 Å². The molecule has 25 heavy (non-hydrogen) atoms. The maximum atomic E-state index is 9.82. The van der Waals surface area contributed by atoms with E-state index >= 15 is 0 Å². The number of halogens is 1. The van der Waals surface area contributed by atoms with Gasteiger partial charge in [-0.2, -0.15) is 0 Å². The molecule has 2 N–H and O–H groups in total. The lowest BCUT2D eigenvalue weighted by Crippen LogP contribution is -3.00. The van der Waals surface area contributed by atoms with Gasteiger partial charge in [-0.15, -0.1) is 0 Å². The van der Waals surface area contributed by atoms with Gasteiger partial charge in [-0.05, 0) is 26.2 Å². The summed E-state index contributed by atoms with van der Waals surface area (Å²) in [4.78, 5) is 9.82. The fourth-order valence-corrected chi connectivity index (χ4v) is 2.74. The van der Waals surface area contributed by atoms with Crippen LogP contribution in [0.25, 0.3) is 0 Å². The molecule has 0 aromatic rings. The average molecular weight is 377 g/mol. The molecule has 1 amide bonds. The zero-order valence-electron chi connectivity index (χ0n) is 17.7. The quantitative estimate of drug-likeness (QED) is 0.282. The van der Waals surface area contributed by atoms with Crippen LogP contribution in [0, 0.1) is 0 Å². The number of nitrogens with zero attached hydrogens (tertiary/aromatic N) is 1. The topological polar surface area (TPSA) is 43.1 Å². The van der Waals surface area contributed by atoms with Crippen LogP contribution in [0.4, 0.5) is 0 Å². The molecule has 0 heterocycles. The Hall–Kier alpha value is -0.540. The minimum atomic E-state index is -0.435. The smallest absolute Gasteiger partial charge is 0.243 e. The minimum absolute atomic E-state index is 0. The largest absolute Gasteiger partial charge is 1.00 e. The highest BCUT2D eigenvalue weighted by Gasteiger charge is 2.11. The number of unbranched alkanes of at least 4 members (excludes halogenated alkanes) is 9. The monoisotopic (exact) mass is 376 g/mol. The van der Waals surface area contributed by atoms with Gasteiger partial charge in [-0.1, -0.05) is 71.8 Å². The van der Waals surface area contributed by atoms with E-state index in [1.165, 1.54) is 88.2 Å². The van der Waals surface area contributed by atoms with Crippen molar-refractivity contribution in [2.24, 2.45) is 5.73 Å². The number of hydrogen-bond acceptors (Lipinski definition) is 1. The lowest BCUT2D eigenvalue weighted by atomic mass is 10.1. The summed E-state index contributed by atoms with van der Waals surface area (Å²) in [6.45, 7) is 12.1. The van der Waals surface area contributed by atoms with Crippen LogP contribution in [-0.2, 0) is 4.79 Å². The summed E-state index contributed by atoms with van der Waals surface area (Å²) >= 11 is 0. The fraction of sp³-hybridized carbons (Fsp3) is 0.857. The second-order valence-electron chi connectivity index (χ2n) is 7.71. The molecule has 4 heteroatoms. The molecule has 0 aliphatic rings. The van der Waals surface area contributed by atoms with Gasteiger partial charge in [0, 0.05) is 5.57 Å². The van der Waals surface area contributed by atoms with Crippen LogP contribution >= 0.6 is 0 Å². The van der Waals surface area contributed by atoms with Crippen molar-refractivity contribution in [3.8, 4) is 0 Å². The first-order valence-electron chi connectivity index (χ1n) is 10.0. The molecule has 152 valence electrons. The van der Waals surface area contributed by atoms with Crippen molar-refractivity contribution in [2.75, 3.05) is 27.2 Å². The van der Waals surface area contributed by atoms with Crippen LogP contribution in [0.2, 0.25) is 0 Å². The minimum Gasteiger partial charge on any atom is -1.00 e. The van der Waals surface area contributed by atoms with E-state index in [-0.39, 0.29) is 12.4 Å². The first-order valence-corrected chi connectivity index (χ1v) is 10.0. The Morgan fingerprint density at radius 3 is 1.48 bits per heavy atom. The van der Waals surface area contributed by atoms with E-state index in [0.717, 1.165) is 0 Å². The molecular weight excluding hydrogens is 332 g/mol. The summed E-state index contributed by atoms with van der Waals surface area (Å²) in [6.07, 6.45) is 15.8. The summed E-state index contributed by atoms with van der Waals surface area (Å²) in [7, 11) is 4.74. The number of hydrogen-bond donors (Lipinski definition) is 1. The predicted octanol–water partition coefficient (Wildman–Crippen LogP) is 2.45. The molecule has 3 nitrogen and oxygen atoms in total. The standard InChI is InChI=1S/C17H38N.C4H7NO.ClH/c1-5-7-8-9-10-11-12-13-14-15-17-18(3,4)16-6-2;1-3(2)4(5)6;/h5-17H2,1-4H3;1H2,2H3,(H2,5,6);1H/q+1;;/p-1. The molecule has 0 saturated carbocycles. The van der Waals surface area contributed by atoms with Crippen molar-refractivity contribution in [1.82, 2.24) is 0 Å². The number of nitrogens with two attached hydrogens (primary N) is 1. The Kier molecular flexibility index (Phi) is 23.1. The molecule has 0 fully saturated rings. The number of primary amides is 1. The Labute approximate surface area is 164 Å². The van der Waals surface area contributed by atoms with Crippen molar-refractivity contribution in [2.45, 2.75) is 91.4 Å². The van der Waals surface area contributed by atoms with Gasteiger partial charge in [0.2, 0.25) is 5.91 Å². The summed E-state index contributed by atoms with van der Waals surface area (Å²) < 4.78 is 1.22. The molecule has 0 unspecified atom stereocenters. The summed E-state index contributed by atoms with van der Waals surface area (Å²) in [5.41, 5.74) is 5.09. The fourth-order valence-electron chi connectivity index (χ4n) is 2.74. The number of carbonyl (C=O) groups excluding carboxylic acids is 1. The Balaban J connectivity index is -0.000000592. The molecule has 0 rings (SSSR count). The van der Waals surface area contributed by atoms with Gasteiger partial charge in [0.05, 0.1) is 27.2 Å². The third-order valence-corrected chi connectivity index (χ3v) is 4.37. The number of amides is 1. The molecular formula is C21H45ClN2O. The number of quaternary nitrogens is 1. The van der Waals surface area contributed by atoms with E-state index in [4.69, 9.17) is 5.73 Å². The van der Waals surface area contributed by atoms with E-state index in [1.807, 2.05) is 0 Å². The summed E-state index contributed by atoms with van der Waals surface area (Å²) in [5, 5.41) is 0. The molecule has 0 aromatic carbocycles. The van der Waals surface area contributed by atoms with Gasteiger partial charge in [-0.25, -0.2) is 0 Å². The van der Waals surface area contributed by atoms with Gasteiger partial charge in [-0.3, -0.25) is 4.79 Å². The SMILES string of the molecule is C=C(C)C(N)=O.CCCCCCCCCCCC[N+](C)(C)CCC.[Cl-]. The van der Waals surface area contributed by atoms with Crippen LogP contribution in [0.5, 0.6) is 0 Å². The highest BCUT2D eigenvalue weighted by atomic mass is 35.5. The van der Waals surface area contributed by atoms with Crippen LogP contribution < -0.4 is 18.1 Å². The normalized spacial score (nSPS) is 10.4. The maximum absolute atomic E-state index is 9.82. The van der Waals surface area contributed by atoms with Crippen LogP contribution in [0.3, 0.4) is 0 Å². The molecule has 0 aromatic heterocycles. The lowest BCUT2D eigenvalue weighted by Gasteiger charge is -2.29. The highest BCUT2D eigenvalue weighted by molar-refractivity contribution is 5.90. The van der Waals surface area contributed by atoms with Crippen molar-refractivity contribution < 1.29 is 21.7 Å². The van der Waals surface area contributed by atoms with Gasteiger partial charge >= 0.3 is 0 Å². The first-order chi connectivity index (χ1) is 11.3. The third kappa shape index (κ3) is 25.8. The summed E-state index contributed by atoms with van der Waals surface area (Å²) in [6, 6.07) is 0. The van der Waals surface area contributed by atoms with Crippen LogP contribution in [-0.4, -0.2) is 37.6 Å². The van der Waals surface area contributed by atoms with Crippen LogP contribution in [0.15, 0.2) is 12.2 Å². The molecule has 0 saturated heterocycles. The van der Waals surface area contributed by atoms with Crippen molar-refractivity contribution in [3.05, 3.63) is 12.2 Å². The Bertz CT molecular complexity index is 305. The molecule has 0 bridgehead atoms. The maximum Gasteiger partial charge on any atom is 0.243 e. The highest BCUT2D eigenvalue weighted by Crippen LogP contribution is 2.11. The second-order valence-corrected chi connectivity index (χ2v) is 7.71. The van der Waals surface area contributed by atoms with Crippen molar-refractivity contribution in [1.29, 1.82) is 0 Å². The second kappa shape index (κ2) is 19.8. The van der Waals surface area contributed by atoms with E-state index in [9.17, 15) is 4.79 Å². The molecule has 0 aliphatic heterocycles. The molecule has 0 atom stereocenters.